The molecule has 3 nitrogen and oxygen atoms in total. The van der Waals surface area contributed by atoms with Crippen molar-refractivity contribution >= 4 is 11.6 Å². The van der Waals surface area contributed by atoms with Gasteiger partial charge >= 0.3 is 0 Å². The zero-order valence-corrected chi connectivity index (χ0v) is 11.1. The van der Waals surface area contributed by atoms with E-state index in [1.54, 1.807) is 0 Å². The first kappa shape index (κ1) is 13.1. The molecule has 1 N–H and O–H groups in total. The first-order valence-electron chi connectivity index (χ1n) is 6.87. The Labute approximate surface area is 109 Å². The van der Waals surface area contributed by atoms with Crippen LogP contribution in [0.4, 0.5) is 5.69 Å². The van der Waals surface area contributed by atoms with Crippen molar-refractivity contribution in [3.05, 3.63) is 30.3 Å². The zero-order chi connectivity index (χ0) is 12.8. The average molecular weight is 246 g/mol. The lowest BCUT2D eigenvalue weighted by atomic mass is 9.98. The number of piperidine rings is 1. The van der Waals surface area contributed by atoms with Crippen LogP contribution in [0.1, 0.15) is 26.2 Å². The topological polar surface area (TPSA) is 32.3 Å². The maximum Gasteiger partial charge on any atom is 0.226 e. The van der Waals surface area contributed by atoms with Crippen LogP contribution in [0, 0.1) is 5.92 Å². The van der Waals surface area contributed by atoms with Crippen LogP contribution in [-0.2, 0) is 4.79 Å². The van der Waals surface area contributed by atoms with Gasteiger partial charge in [0.2, 0.25) is 5.91 Å². The first-order chi connectivity index (χ1) is 8.81. The van der Waals surface area contributed by atoms with Crippen molar-refractivity contribution < 1.29 is 4.79 Å². The predicted molar refractivity (Wildman–Crippen MR) is 74.7 cm³/mol. The van der Waals surface area contributed by atoms with Gasteiger partial charge in [0, 0.05) is 18.7 Å². The molecule has 1 amide bonds. The average Bonchev–Trinajstić information content (AvgIpc) is 2.46. The molecule has 1 aliphatic heterocycles. The highest BCUT2D eigenvalue weighted by atomic mass is 16.2. The number of hydrogen-bond acceptors (Lipinski definition) is 2. The van der Waals surface area contributed by atoms with Gasteiger partial charge in [0.05, 0.1) is 0 Å². The molecule has 1 heterocycles. The van der Waals surface area contributed by atoms with E-state index in [-0.39, 0.29) is 5.91 Å². The number of para-hydroxylation sites is 1. The van der Waals surface area contributed by atoms with E-state index in [1.807, 2.05) is 42.2 Å². The van der Waals surface area contributed by atoms with Crippen LogP contribution >= 0.6 is 0 Å². The summed E-state index contributed by atoms with van der Waals surface area (Å²) < 4.78 is 0. The molecule has 0 radical (unpaired) electrons. The zero-order valence-electron chi connectivity index (χ0n) is 11.1. The molecular formula is C15H22N2O. The molecule has 18 heavy (non-hydrogen) atoms. The molecule has 1 aromatic carbocycles. The van der Waals surface area contributed by atoms with Crippen molar-refractivity contribution in [1.82, 2.24) is 5.32 Å². The Morgan fingerprint density at radius 1 is 1.39 bits per heavy atom. The normalized spacial score (nSPS) is 19.5. The number of anilines is 1. The number of nitrogens with zero attached hydrogens (tertiary/aromatic N) is 1. The highest BCUT2D eigenvalue weighted by molar-refractivity contribution is 5.93. The molecule has 3 heteroatoms. The van der Waals surface area contributed by atoms with Gasteiger partial charge in [0.15, 0.2) is 0 Å². The van der Waals surface area contributed by atoms with Gasteiger partial charge in [-0.2, -0.15) is 0 Å². The minimum absolute atomic E-state index is 0.215. The molecule has 0 bridgehead atoms. The van der Waals surface area contributed by atoms with Gasteiger partial charge in [-0.25, -0.2) is 0 Å². The Balaban J connectivity index is 2.07. The third kappa shape index (κ3) is 3.33. The molecule has 1 fully saturated rings. The van der Waals surface area contributed by atoms with Crippen LogP contribution in [0.5, 0.6) is 0 Å². The molecule has 1 saturated heterocycles. The minimum atomic E-state index is 0.215. The summed E-state index contributed by atoms with van der Waals surface area (Å²) >= 11 is 0. The molecule has 1 unspecified atom stereocenters. The molecule has 2 rings (SSSR count). The number of carbonyl (C=O) groups is 1. The lowest BCUT2D eigenvalue weighted by molar-refractivity contribution is -0.118. The third-order valence-electron chi connectivity index (χ3n) is 3.51. The van der Waals surface area contributed by atoms with Gasteiger partial charge in [-0.1, -0.05) is 25.1 Å². The van der Waals surface area contributed by atoms with Gasteiger partial charge in [-0.3, -0.25) is 4.79 Å². The van der Waals surface area contributed by atoms with E-state index >= 15 is 0 Å². The lowest BCUT2D eigenvalue weighted by Gasteiger charge is -2.30. The molecule has 1 aromatic rings. The summed E-state index contributed by atoms with van der Waals surface area (Å²) in [5, 5.41) is 3.41. The van der Waals surface area contributed by atoms with E-state index < -0.39 is 0 Å². The fraction of sp³-hybridized carbons (Fsp3) is 0.533. The lowest BCUT2D eigenvalue weighted by Crippen LogP contribution is -2.41. The molecule has 98 valence electrons. The number of hydrogen-bond donors (Lipinski definition) is 1. The molecule has 0 spiro atoms. The summed E-state index contributed by atoms with van der Waals surface area (Å²) in [5.74, 6) is 0.793. The number of benzene rings is 1. The highest BCUT2D eigenvalue weighted by Crippen LogP contribution is 2.19. The summed E-state index contributed by atoms with van der Waals surface area (Å²) in [6, 6.07) is 10.0. The van der Waals surface area contributed by atoms with E-state index in [1.165, 1.54) is 12.8 Å². The predicted octanol–water partition coefficient (Wildman–Crippen LogP) is 2.43. The second kappa shape index (κ2) is 6.55. The molecule has 1 atom stereocenters. The van der Waals surface area contributed by atoms with Gasteiger partial charge < -0.3 is 10.2 Å². The molecule has 0 aliphatic carbocycles. The van der Waals surface area contributed by atoms with E-state index in [0.29, 0.717) is 12.3 Å². The third-order valence-corrected chi connectivity index (χ3v) is 3.51. The number of nitrogens with one attached hydrogen (secondary N) is 1. The van der Waals surface area contributed by atoms with Gasteiger partial charge in [0.1, 0.15) is 0 Å². The summed E-state index contributed by atoms with van der Waals surface area (Å²) in [7, 11) is 0. The number of amides is 1. The van der Waals surface area contributed by atoms with Gasteiger partial charge in [-0.05, 0) is 44.0 Å². The SMILES string of the molecule is CCC(=O)N(CC1CCCNC1)c1ccccc1. The van der Waals surface area contributed by atoms with Gasteiger partial charge in [0.25, 0.3) is 0 Å². The van der Waals surface area contributed by atoms with Crippen molar-refractivity contribution in [3.63, 3.8) is 0 Å². The Kier molecular flexibility index (Phi) is 4.76. The minimum Gasteiger partial charge on any atom is -0.316 e. The second-order valence-corrected chi connectivity index (χ2v) is 4.91. The summed E-state index contributed by atoms with van der Waals surface area (Å²) in [6.07, 6.45) is 3.00. The van der Waals surface area contributed by atoms with Gasteiger partial charge in [-0.15, -0.1) is 0 Å². The van der Waals surface area contributed by atoms with E-state index in [2.05, 4.69) is 5.32 Å². The Morgan fingerprint density at radius 3 is 2.78 bits per heavy atom. The van der Waals surface area contributed by atoms with Crippen LogP contribution in [-0.4, -0.2) is 25.5 Å². The van der Waals surface area contributed by atoms with Crippen molar-refractivity contribution in [1.29, 1.82) is 0 Å². The Hall–Kier alpha value is -1.35. The number of rotatable bonds is 4. The fourth-order valence-corrected chi connectivity index (χ4v) is 2.49. The first-order valence-corrected chi connectivity index (χ1v) is 6.87. The van der Waals surface area contributed by atoms with Crippen molar-refractivity contribution in [2.24, 2.45) is 5.92 Å². The second-order valence-electron chi connectivity index (χ2n) is 4.91. The summed E-state index contributed by atoms with van der Waals surface area (Å²) in [4.78, 5) is 14.0. The molecule has 1 aliphatic rings. The Morgan fingerprint density at radius 2 is 2.17 bits per heavy atom. The Bertz CT molecular complexity index is 371. The molecule has 0 aromatic heterocycles. The fourth-order valence-electron chi connectivity index (χ4n) is 2.49. The molecule has 0 saturated carbocycles. The van der Waals surface area contributed by atoms with Crippen LogP contribution < -0.4 is 10.2 Å². The summed E-state index contributed by atoms with van der Waals surface area (Å²) in [6.45, 7) is 4.91. The standard InChI is InChI=1S/C15H22N2O/c1-2-15(18)17(14-8-4-3-5-9-14)12-13-7-6-10-16-11-13/h3-5,8-9,13,16H,2,6-7,10-12H2,1H3. The summed E-state index contributed by atoms with van der Waals surface area (Å²) in [5.41, 5.74) is 1.02. The number of carbonyl (C=O) groups excluding carboxylic acids is 1. The van der Waals surface area contributed by atoms with E-state index in [9.17, 15) is 4.79 Å². The maximum absolute atomic E-state index is 12.1. The monoisotopic (exact) mass is 246 g/mol. The van der Waals surface area contributed by atoms with Crippen LogP contribution in [0.3, 0.4) is 0 Å². The maximum atomic E-state index is 12.1. The molecular weight excluding hydrogens is 224 g/mol. The highest BCUT2D eigenvalue weighted by Gasteiger charge is 2.20. The van der Waals surface area contributed by atoms with E-state index in [0.717, 1.165) is 25.3 Å². The van der Waals surface area contributed by atoms with Crippen molar-refractivity contribution in [2.45, 2.75) is 26.2 Å². The quantitative estimate of drug-likeness (QED) is 0.885. The van der Waals surface area contributed by atoms with E-state index in [4.69, 9.17) is 0 Å². The largest absolute Gasteiger partial charge is 0.316 e. The van der Waals surface area contributed by atoms with Crippen molar-refractivity contribution in [2.75, 3.05) is 24.5 Å². The van der Waals surface area contributed by atoms with Crippen molar-refractivity contribution in [3.8, 4) is 0 Å². The smallest absolute Gasteiger partial charge is 0.226 e. The van der Waals surface area contributed by atoms with Crippen LogP contribution in [0.15, 0.2) is 30.3 Å². The van der Waals surface area contributed by atoms with Crippen LogP contribution in [0.2, 0.25) is 0 Å². The van der Waals surface area contributed by atoms with Crippen LogP contribution in [0.25, 0.3) is 0 Å².